The molecule has 10 rings (SSSR count). The predicted molar refractivity (Wildman–Crippen MR) is 315 cm³/mol. The fraction of sp³-hybridized carbons (Fsp3) is 0.645. The van der Waals surface area contributed by atoms with Crippen LogP contribution in [0.1, 0.15) is 96.5 Å². The van der Waals surface area contributed by atoms with Gasteiger partial charge in [-0.15, -0.1) is 11.8 Å². The van der Waals surface area contributed by atoms with Gasteiger partial charge in [0.25, 0.3) is 0 Å². The second-order valence-corrected chi connectivity index (χ2v) is 26.5. The zero-order valence-corrected chi connectivity index (χ0v) is 49.4. The quantitative estimate of drug-likeness (QED) is 0.0221. The Hall–Kier alpha value is -4.96. The molecule has 7 aliphatic rings. The Morgan fingerprint density at radius 1 is 0.829 bits per heavy atom. The maximum atomic E-state index is 13.9. The molecular formula is C62H83N5O13S2. The lowest BCUT2D eigenvalue weighted by Crippen LogP contribution is -2.67. The number of methoxy groups -OCH3 is 1. The molecule has 20 heteroatoms. The third-order valence-corrected chi connectivity index (χ3v) is 22.3. The van der Waals surface area contributed by atoms with Gasteiger partial charge < -0.3 is 55.2 Å². The molecule has 0 aromatic heterocycles. The van der Waals surface area contributed by atoms with Gasteiger partial charge in [-0.1, -0.05) is 68.8 Å². The number of anilines is 1. The van der Waals surface area contributed by atoms with E-state index in [1.165, 1.54) is 12.7 Å². The summed E-state index contributed by atoms with van der Waals surface area (Å²) in [6.07, 6.45) is 10.8. The molecule has 3 aromatic rings. The number of rotatable bonds is 26. The minimum Gasteiger partial charge on any atom is -0.468 e. The van der Waals surface area contributed by atoms with Gasteiger partial charge in [0.1, 0.15) is 19.8 Å². The number of benzene rings is 3. The number of thioether (sulfide) groups is 2. The van der Waals surface area contributed by atoms with Crippen LogP contribution in [0.4, 0.5) is 10.5 Å². The number of aliphatic hydroxyl groups is 2. The molecule has 12 atom stereocenters. The summed E-state index contributed by atoms with van der Waals surface area (Å²) in [4.78, 5) is 77.7. The first kappa shape index (κ1) is 60.2. The monoisotopic (exact) mass is 1170 g/mol. The average molecular weight is 1170 g/mol. The number of unbranched alkanes of at least 4 members (excludes halogenated alkanes) is 1. The smallest absolute Gasteiger partial charge is 0.331 e. The number of hydrogen-bond acceptors (Lipinski definition) is 15. The topological polar surface area (TPSA) is 240 Å². The Morgan fingerprint density at radius 2 is 1.52 bits per heavy atom. The maximum absolute atomic E-state index is 13.9. The summed E-state index contributed by atoms with van der Waals surface area (Å²) < 4.78 is 26.8. The zero-order chi connectivity index (χ0) is 57.6. The first-order valence-corrected chi connectivity index (χ1v) is 32.0. The second-order valence-electron chi connectivity index (χ2n) is 24.2. The highest BCUT2D eigenvalue weighted by atomic mass is 32.2. The third kappa shape index (κ3) is 12.4. The molecule has 446 valence electrons. The van der Waals surface area contributed by atoms with E-state index in [1.807, 2.05) is 47.9 Å². The fourth-order valence-corrected chi connectivity index (χ4v) is 18.1. The molecular weight excluding hydrogens is 1090 g/mol. The van der Waals surface area contributed by atoms with E-state index in [1.54, 1.807) is 17.8 Å². The summed E-state index contributed by atoms with van der Waals surface area (Å²) in [5.74, 6) is 1.14. The van der Waals surface area contributed by atoms with E-state index >= 15 is 0 Å². The zero-order valence-electron chi connectivity index (χ0n) is 47.7. The maximum Gasteiger partial charge on any atom is 0.331 e. The summed E-state index contributed by atoms with van der Waals surface area (Å²) in [5.41, 5.74) is 1.20. The lowest BCUT2D eigenvalue weighted by atomic mass is 9.42. The number of aliphatic hydroxyl groups excluding tert-OH is 1. The van der Waals surface area contributed by atoms with E-state index in [4.69, 9.17) is 23.7 Å². The van der Waals surface area contributed by atoms with Crippen LogP contribution in [0, 0.1) is 34.5 Å². The number of ether oxygens (including phenoxy) is 5. The van der Waals surface area contributed by atoms with Gasteiger partial charge >= 0.3 is 18.0 Å². The molecule has 4 aliphatic carbocycles. The Balaban J connectivity index is 0.552. The van der Waals surface area contributed by atoms with Crippen molar-refractivity contribution >= 4 is 86.4 Å². The molecule has 0 spiro atoms. The number of nitrogens with zero attached hydrogens (tertiary/aromatic N) is 1. The molecule has 6 fully saturated rings. The molecule has 0 bridgehead atoms. The second kappa shape index (κ2) is 26.5. The van der Waals surface area contributed by atoms with Gasteiger partial charge in [0, 0.05) is 58.8 Å². The number of hydrogen-bond donors (Lipinski definition) is 6. The molecule has 18 nitrogen and oxygen atoms in total. The van der Waals surface area contributed by atoms with Crippen molar-refractivity contribution in [1.82, 2.24) is 21.3 Å². The number of fused-ring (bicyclic) bond motifs is 8. The molecule has 82 heavy (non-hydrogen) atoms. The van der Waals surface area contributed by atoms with Crippen LogP contribution in [-0.4, -0.2) is 165 Å². The molecule has 3 heterocycles. The largest absolute Gasteiger partial charge is 0.468 e. The number of carbonyl (C=O) groups is 6. The Morgan fingerprint density at radius 3 is 2.22 bits per heavy atom. The number of cyclic esters (lactones) is 1. The van der Waals surface area contributed by atoms with Crippen molar-refractivity contribution < 1.29 is 62.7 Å². The lowest BCUT2D eigenvalue weighted by molar-refractivity contribution is -0.243. The van der Waals surface area contributed by atoms with Crippen molar-refractivity contribution in [3.8, 4) is 0 Å². The van der Waals surface area contributed by atoms with Gasteiger partial charge in [-0.2, -0.15) is 11.8 Å². The summed E-state index contributed by atoms with van der Waals surface area (Å²) in [6, 6.07) is 16.5. The van der Waals surface area contributed by atoms with Gasteiger partial charge in [-0.05, 0) is 127 Å². The van der Waals surface area contributed by atoms with Crippen LogP contribution >= 0.6 is 23.5 Å². The summed E-state index contributed by atoms with van der Waals surface area (Å²) in [5, 5.41) is 41.1. The predicted octanol–water partition coefficient (Wildman–Crippen LogP) is 6.38. The number of nitrogens with one attached hydrogen (secondary N) is 4. The Labute approximate surface area is 489 Å². The van der Waals surface area contributed by atoms with E-state index in [0.29, 0.717) is 57.3 Å². The highest BCUT2D eigenvalue weighted by Gasteiger charge is 2.71. The van der Waals surface area contributed by atoms with Crippen molar-refractivity contribution in [3.05, 3.63) is 65.7 Å². The van der Waals surface area contributed by atoms with E-state index in [-0.39, 0.29) is 115 Å². The molecule has 5 amide bonds. The van der Waals surface area contributed by atoms with Crippen molar-refractivity contribution in [2.24, 2.45) is 34.5 Å². The molecule has 2 saturated heterocycles. The van der Waals surface area contributed by atoms with Crippen molar-refractivity contribution in [2.75, 3.05) is 88.6 Å². The number of carbonyl (C=O) groups excluding carboxylic acids is 6. The van der Waals surface area contributed by atoms with E-state index in [2.05, 4.69) is 52.5 Å². The Kier molecular flexibility index (Phi) is 19.5. The van der Waals surface area contributed by atoms with Crippen LogP contribution in [0.5, 0.6) is 0 Å². The molecule has 3 aromatic carbocycles. The minimum absolute atomic E-state index is 0.00318. The van der Waals surface area contributed by atoms with Crippen LogP contribution < -0.4 is 26.2 Å². The summed E-state index contributed by atoms with van der Waals surface area (Å²) in [6.45, 7) is 6.05. The van der Waals surface area contributed by atoms with Gasteiger partial charge in [0.05, 0.1) is 68.8 Å². The van der Waals surface area contributed by atoms with Crippen molar-refractivity contribution in [3.63, 3.8) is 0 Å². The van der Waals surface area contributed by atoms with Gasteiger partial charge in [0.15, 0.2) is 0 Å². The number of aryl methyl sites for hydroxylation is 1. The van der Waals surface area contributed by atoms with Crippen LogP contribution in [0.15, 0.2) is 60.2 Å². The molecule has 12 unspecified atom stereocenters. The van der Waals surface area contributed by atoms with Crippen molar-refractivity contribution in [1.29, 1.82) is 0 Å². The normalized spacial score (nSPS) is 30.9. The average Bonchev–Trinajstić information content (AvgIpc) is 2.98. The van der Waals surface area contributed by atoms with Gasteiger partial charge in [-0.3, -0.25) is 24.1 Å². The molecule has 3 aliphatic heterocycles. The third-order valence-electron chi connectivity index (χ3n) is 19.9. The fourth-order valence-electron chi connectivity index (χ4n) is 15.8. The number of amides is 5. The first-order valence-electron chi connectivity index (χ1n) is 29.8. The summed E-state index contributed by atoms with van der Waals surface area (Å²) in [7, 11) is 1.41. The summed E-state index contributed by atoms with van der Waals surface area (Å²) >= 11 is 3.45. The van der Waals surface area contributed by atoms with Gasteiger partial charge in [0.2, 0.25) is 17.7 Å². The highest BCUT2D eigenvalue weighted by Crippen LogP contribution is 2.70. The van der Waals surface area contributed by atoms with Crippen LogP contribution in [0.2, 0.25) is 0 Å². The number of urea groups is 1. The molecule has 0 radical (unpaired) electrons. The van der Waals surface area contributed by atoms with Crippen LogP contribution in [-0.2, 0) is 54.1 Å². The SMILES string of the molecule is COC(=O)CSCCc1c2ccccc2c(N2C(=O)NC3C(CCCCC(=O)NCCOCCOCCNC(=O)COCC(=O)NC4CCC5(C)C(CCC6C5CC(O)C5(C)C(C7=CC(=O)OC7)CCC65O)C4)SCC32)c2ccccc12. The molecule has 6 N–H and O–H groups in total. The van der Waals surface area contributed by atoms with E-state index in [9.17, 15) is 39.0 Å². The van der Waals surface area contributed by atoms with Crippen molar-refractivity contribution in [2.45, 2.75) is 132 Å². The van der Waals surface area contributed by atoms with Crippen LogP contribution in [0.3, 0.4) is 0 Å². The highest BCUT2D eigenvalue weighted by molar-refractivity contribution is 8.00. The van der Waals surface area contributed by atoms with Crippen LogP contribution in [0.25, 0.3) is 21.5 Å². The number of esters is 2. The van der Waals surface area contributed by atoms with E-state index < -0.39 is 17.1 Å². The van der Waals surface area contributed by atoms with Gasteiger partial charge in [-0.25, -0.2) is 9.59 Å². The van der Waals surface area contributed by atoms with E-state index in [0.717, 1.165) is 109 Å². The standard InChI is InChI=1S/C62H83N5O13S2/c1-60-21-18-40(31-39(60)16-17-47-48(60)32-51(68)61(2)46(19-22-62(47,61)75)38-30-55(72)80-33-38)65-54(71)35-79-34-53(70)64-24-26-78-28-27-77-25-23-63-52(69)15-9-8-14-50-57-49(36-82-50)67(59(74)66-57)58-44-12-6-4-10-41(44)43(20-29-81-37-56(73)76-3)42-11-5-7-13-45(42)58/h4-7,10-13,30,39-40,46-51,57,68,75H,8-9,14-29,31-37H2,1-3H3,(H,63,69)(H,64,70)(H,65,71)(H,66,74). The first-order chi connectivity index (χ1) is 39.6. The molecule has 4 saturated carbocycles. The minimum atomic E-state index is -1.03. The Bertz CT molecular complexity index is 2820. The lowest BCUT2D eigenvalue weighted by Gasteiger charge is -2.65.